The molecule has 0 aliphatic heterocycles. The molecule has 3 rings (SSSR count). The molecule has 0 N–H and O–H groups in total. The number of hydrogen-bond donors (Lipinski definition) is 0. The second-order valence-corrected chi connectivity index (χ2v) is 5.52. The molecule has 0 radical (unpaired) electrons. The molecule has 0 amide bonds. The van der Waals surface area contributed by atoms with Crippen LogP contribution >= 0.6 is 0 Å². The summed E-state index contributed by atoms with van der Waals surface area (Å²) in [6, 6.07) is 7.67. The molecule has 1 aromatic carbocycles. The van der Waals surface area contributed by atoms with Gasteiger partial charge in [0.25, 0.3) is 0 Å². The molecule has 1 aromatic heterocycles. The van der Waals surface area contributed by atoms with Crippen LogP contribution in [-0.4, -0.2) is 10.8 Å². The highest BCUT2D eigenvalue weighted by atomic mass is 19.1. The van der Waals surface area contributed by atoms with E-state index >= 15 is 0 Å². The molecule has 2 aromatic rings. The van der Waals surface area contributed by atoms with Gasteiger partial charge in [0.05, 0.1) is 5.69 Å². The van der Waals surface area contributed by atoms with E-state index in [1.807, 2.05) is 6.21 Å². The van der Waals surface area contributed by atoms with Crippen LogP contribution in [0, 0.1) is 12.7 Å². The monoisotopic (exact) mass is 270 g/mol. The molecule has 1 fully saturated rings. The fourth-order valence-electron chi connectivity index (χ4n) is 2.79. The second kappa shape index (κ2) is 5.61. The third-order valence-corrected chi connectivity index (χ3v) is 3.99. The maximum Gasteiger partial charge on any atom is 0.126 e. The lowest BCUT2D eigenvalue weighted by Crippen LogP contribution is -2.00. The highest BCUT2D eigenvalue weighted by Gasteiger charge is 2.15. The molecule has 0 unspecified atom stereocenters. The van der Waals surface area contributed by atoms with Crippen LogP contribution in [0.15, 0.2) is 41.7 Å². The van der Waals surface area contributed by atoms with Crippen molar-refractivity contribution in [1.29, 1.82) is 0 Å². The summed E-state index contributed by atoms with van der Waals surface area (Å²) in [5, 5.41) is 0. The Morgan fingerprint density at radius 2 is 2.05 bits per heavy atom. The standard InChI is InChI=1S/C17H19FN2/c1-13-10-15(6-7-17(13)18)19-11-14-8-9-20(12-14)16-4-2-3-5-16/h6-12,16H,2-5H2,1H3. The number of aryl methyl sites for hydroxylation is 1. The van der Waals surface area contributed by atoms with Gasteiger partial charge < -0.3 is 4.57 Å². The molecular formula is C17H19FN2. The van der Waals surface area contributed by atoms with Crippen molar-refractivity contribution in [3.8, 4) is 0 Å². The van der Waals surface area contributed by atoms with Gasteiger partial charge in [-0.25, -0.2) is 4.39 Å². The molecule has 1 aliphatic rings. The summed E-state index contributed by atoms with van der Waals surface area (Å²) in [6.07, 6.45) is 11.4. The Labute approximate surface area is 119 Å². The van der Waals surface area contributed by atoms with E-state index in [9.17, 15) is 4.39 Å². The summed E-state index contributed by atoms with van der Waals surface area (Å²) in [6.45, 7) is 1.75. The first kappa shape index (κ1) is 13.1. The molecule has 0 spiro atoms. The number of benzene rings is 1. The topological polar surface area (TPSA) is 17.3 Å². The Morgan fingerprint density at radius 3 is 2.80 bits per heavy atom. The van der Waals surface area contributed by atoms with Crippen molar-refractivity contribution in [2.75, 3.05) is 0 Å². The number of rotatable bonds is 3. The highest BCUT2D eigenvalue weighted by molar-refractivity contribution is 5.81. The van der Waals surface area contributed by atoms with Crippen molar-refractivity contribution in [3.05, 3.63) is 53.6 Å². The first-order valence-electron chi connectivity index (χ1n) is 7.20. The van der Waals surface area contributed by atoms with Crippen LogP contribution < -0.4 is 0 Å². The summed E-state index contributed by atoms with van der Waals surface area (Å²) in [5.41, 5.74) is 2.51. The number of aromatic nitrogens is 1. The molecular weight excluding hydrogens is 251 g/mol. The minimum absolute atomic E-state index is 0.184. The van der Waals surface area contributed by atoms with Crippen molar-refractivity contribution in [1.82, 2.24) is 4.57 Å². The van der Waals surface area contributed by atoms with E-state index in [0.717, 1.165) is 11.3 Å². The minimum atomic E-state index is -0.184. The van der Waals surface area contributed by atoms with Crippen molar-refractivity contribution >= 4 is 11.9 Å². The van der Waals surface area contributed by atoms with Gasteiger partial charge in [-0.2, -0.15) is 0 Å². The molecule has 1 saturated carbocycles. The van der Waals surface area contributed by atoms with Gasteiger partial charge in [0.1, 0.15) is 5.82 Å². The fraction of sp³-hybridized carbons (Fsp3) is 0.353. The second-order valence-electron chi connectivity index (χ2n) is 5.52. The van der Waals surface area contributed by atoms with Crippen LogP contribution in [0.25, 0.3) is 0 Å². The minimum Gasteiger partial charge on any atom is -0.351 e. The van der Waals surface area contributed by atoms with Crippen LogP contribution in [0.5, 0.6) is 0 Å². The smallest absolute Gasteiger partial charge is 0.126 e. The maximum absolute atomic E-state index is 13.2. The number of halogens is 1. The predicted molar refractivity (Wildman–Crippen MR) is 80.3 cm³/mol. The summed E-state index contributed by atoms with van der Waals surface area (Å²) in [4.78, 5) is 4.41. The van der Waals surface area contributed by atoms with Gasteiger partial charge in [-0.3, -0.25) is 4.99 Å². The number of aliphatic imine (C=N–C) groups is 1. The van der Waals surface area contributed by atoms with Crippen molar-refractivity contribution < 1.29 is 4.39 Å². The Hall–Kier alpha value is -1.90. The maximum atomic E-state index is 13.2. The van der Waals surface area contributed by atoms with Gasteiger partial charge >= 0.3 is 0 Å². The Balaban J connectivity index is 1.73. The molecule has 1 aliphatic carbocycles. The molecule has 2 nitrogen and oxygen atoms in total. The molecule has 0 atom stereocenters. The van der Waals surface area contributed by atoms with Crippen LogP contribution in [-0.2, 0) is 0 Å². The first-order valence-corrected chi connectivity index (χ1v) is 7.20. The van der Waals surface area contributed by atoms with Crippen molar-refractivity contribution in [2.24, 2.45) is 4.99 Å². The van der Waals surface area contributed by atoms with E-state index < -0.39 is 0 Å². The van der Waals surface area contributed by atoms with E-state index in [2.05, 4.69) is 28.0 Å². The van der Waals surface area contributed by atoms with Crippen LogP contribution in [0.1, 0.15) is 42.9 Å². The summed E-state index contributed by atoms with van der Waals surface area (Å²) in [5.74, 6) is -0.184. The van der Waals surface area contributed by atoms with Gasteiger partial charge in [-0.1, -0.05) is 12.8 Å². The van der Waals surface area contributed by atoms with Gasteiger partial charge in [0.2, 0.25) is 0 Å². The number of hydrogen-bond acceptors (Lipinski definition) is 1. The van der Waals surface area contributed by atoms with Crippen molar-refractivity contribution in [2.45, 2.75) is 38.6 Å². The zero-order chi connectivity index (χ0) is 13.9. The first-order chi connectivity index (χ1) is 9.72. The summed E-state index contributed by atoms with van der Waals surface area (Å²) in [7, 11) is 0. The Bertz CT molecular complexity index is 622. The lowest BCUT2D eigenvalue weighted by atomic mass is 10.2. The van der Waals surface area contributed by atoms with Crippen molar-refractivity contribution in [3.63, 3.8) is 0 Å². The number of nitrogens with zero attached hydrogens (tertiary/aromatic N) is 2. The normalized spacial score (nSPS) is 16.3. The predicted octanol–water partition coefficient (Wildman–Crippen LogP) is 4.80. The Kier molecular flexibility index (Phi) is 3.68. The quantitative estimate of drug-likeness (QED) is 0.713. The molecule has 20 heavy (non-hydrogen) atoms. The van der Waals surface area contributed by atoms with Gasteiger partial charge in [0, 0.05) is 30.2 Å². The van der Waals surface area contributed by atoms with Gasteiger partial charge in [0.15, 0.2) is 0 Å². The SMILES string of the molecule is Cc1cc(N=Cc2ccn(C3CCCC3)c2)ccc1F. The van der Waals surface area contributed by atoms with E-state index in [0.29, 0.717) is 11.6 Å². The summed E-state index contributed by atoms with van der Waals surface area (Å²) < 4.78 is 15.5. The zero-order valence-corrected chi connectivity index (χ0v) is 11.7. The Morgan fingerprint density at radius 1 is 1.25 bits per heavy atom. The fourth-order valence-corrected chi connectivity index (χ4v) is 2.79. The zero-order valence-electron chi connectivity index (χ0n) is 11.7. The largest absolute Gasteiger partial charge is 0.351 e. The lowest BCUT2D eigenvalue weighted by molar-refractivity contribution is 0.521. The lowest BCUT2D eigenvalue weighted by Gasteiger charge is -2.10. The van der Waals surface area contributed by atoms with Gasteiger partial charge in [-0.15, -0.1) is 0 Å². The molecule has 3 heteroatoms. The third-order valence-electron chi connectivity index (χ3n) is 3.99. The average molecular weight is 270 g/mol. The van der Waals surface area contributed by atoms with E-state index in [1.54, 1.807) is 19.1 Å². The van der Waals surface area contributed by atoms with Crippen LogP contribution in [0.4, 0.5) is 10.1 Å². The highest BCUT2D eigenvalue weighted by Crippen LogP contribution is 2.29. The molecule has 104 valence electrons. The van der Waals surface area contributed by atoms with E-state index in [1.165, 1.54) is 31.7 Å². The molecule has 1 heterocycles. The third kappa shape index (κ3) is 2.82. The summed E-state index contributed by atoms with van der Waals surface area (Å²) >= 11 is 0. The average Bonchev–Trinajstić information content (AvgIpc) is 3.09. The van der Waals surface area contributed by atoms with E-state index in [4.69, 9.17) is 0 Å². The van der Waals surface area contributed by atoms with E-state index in [-0.39, 0.29) is 5.82 Å². The van der Waals surface area contributed by atoms with Gasteiger partial charge in [-0.05, 0) is 49.6 Å². The molecule has 0 bridgehead atoms. The van der Waals surface area contributed by atoms with Crippen LogP contribution in [0.3, 0.4) is 0 Å². The van der Waals surface area contributed by atoms with Crippen LogP contribution in [0.2, 0.25) is 0 Å². The molecule has 0 saturated heterocycles.